The van der Waals surface area contributed by atoms with Crippen LogP contribution in [0.1, 0.15) is 22.9 Å². The van der Waals surface area contributed by atoms with E-state index in [4.69, 9.17) is 4.42 Å². The van der Waals surface area contributed by atoms with Crippen molar-refractivity contribution in [3.8, 4) is 0 Å². The molecular formula is C24H19N3O4S. The lowest BCUT2D eigenvalue weighted by Gasteiger charge is -2.16. The van der Waals surface area contributed by atoms with E-state index in [9.17, 15) is 13.2 Å². The van der Waals surface area contributed by atoms with Crippen molar-refractivity contribution in [3.05, 3.63) is 102 Å². The van der Waals surface area contributed by atoms with E-state index in [-0.39, 0.29) is 23.2 Å². The van der Waals surface area contributed by atoms with E-state index in [1.54, 1.807) is 18.2 Å². The predicted octanol–water partition coefficient (Wildman–Crippen LogP) is 3.38. The number of hydrogen-bond acceptors (Lipinski definition) is 5. The number of carbonyl (C=O) groups excluding carboxylic acids is 1. The third kappa shape index (κ3) is 3.76. The molecule has 0 bridgehead atoms. The molecule has 0 saturated heterocycles. The number of nitrogens with one attached hydrogen (secondary N) is 2. The van der Waals surface area contributed by atoms with Crippen LogP contribution >= 0.6 is 0 Å². The Morgan fingerprint density at radius 3 is 2.50 bits per heavy atom. The Bertz CT molecular complexity index is 1410. The zero-order chi connectivity index (χ0) is 22.1. The number of hydrogen-bond donors (Lipinski definition) is 2. The summed E-state index contributed by atoms with van der Waals surface area (Å²) in [5.41, 5.74) is 2.05. The van der Waals surface area contributed by atoms with Crippen LogP contribution in [0.5, 0.6) is 0 Å². The normalized spacial score (nSPS) is 16.4. The van der Waals surface area contributed by atoms with Gasteiger partial charge in [0, 0.05) is 10.9 Å². The van der Waals surface area contributed by atoms with Gasteiger partial charge in [-0.15, -0.1) is 0 Å². The van der Waals surface area contributed by atoms with Gasteiger partial charge in [0.05, 0.1) is 4.90 Å². The maximum atomic E-state index is 12.8. The van der Waals surface area contributed by atoms with Crippen molar-refractivity contribution in [2.75, 3.05) is 6.54 Å². The molecule has 1 aliphatic heterocycles. The monoisotopic (exact) mass is 445 g/mol. The third-order valence-corrected chi connectivity index (χ3v) is 6.61. The summed E-state index contributed by atoms with van der Waals surface area (Å²) in [7, 11) is -3.65. The van der Waals surface area contributed by atoms with Crippen molar-refractivity contribution in [1.29, 1.82) is 0 Å². The van der Waals surface area contributed by atoms with Crippen LogP contribution in [-0.4, -0.2) is 26.7 Å². The Morgan fingerprint density at radius 2 is 1.69 bits per heavy atom. The Hall–Kier alpha value is -3.91. The second-order valence-corrected chi connectivity index (χ2v) is 9.02. The highest BCUT2D eigenvalue weighted by atomic mass is 32.2. The van der Waals surface area contributed by atoms with E-state index in [2.05, 4.69) is 15.0 Å². The van der Waals surface area contributed by atoms with Crippen LogP contribution in [0.25, 0.3) is 11.0 Å². The van der Waals surface area contributed by atoms with E-state index in [0.717, 1.165) is 16.5 Å². The summed E-state index contributed by atoms with van der Waals surface area (Å²) in [6, 6.07) is 25.1. The number of rotatable bonds is 5. The molecule has 2 N–H and O–H groups in total. The van der Waals surface area contributed by atoms with Gasteiger partial charge in [-0.2, -0.15) is 0 Å². The highest BCUT2D eigenvalue weighted by molar-refractivity contribution is 7.90. The first-order chi connectivity index (χ1) is 15.5. The largest absolute Gasteiger partial charge is 0.459 e. The molecule has 3 aromatic carbocycles. The minimum Gasteiger partial charge on any atom is -0.459 e. The molecule has 1 aliphatic rings. The average molecular weight is 446 g/mol. The fraction of sp³-hybridized carbons (Fsp3) is 0.0833. The molecule has 8 heteroatoms. The van der Waals surface area contributed by atoms with Gasteiger partial charge in [0.2, 0.25) is 5.91 Å². The van der Waals surface area contributed by atoms with Gasteiger partial charge in [-0.05, 0) is 29.8 Å². The summed E-state index contributed by atoms with van der Waals surface area (Å²) in [4.78, 5) is 17.2. The quantitative estimate of drug-likeness (QED) is 0.492. The summed E-state index contributed by atoms with van der Waals surface area (Å²) >= 11 is 0. The molecule has 160 valence electrons. The number of para-hydroxylation sites is 1. The molecule has 0 spiro atoms. The highest BCUT2D eigenvalue weighted by Crippen LogP contribution is 2.28. The van der Waals surface area contributed by atoms with Crippen LogP contribution in [0, 0.1) is 0 Å². The number of nitrogens with zero attached hydrogens (tertiary/aromatic N) is 1. The van der Waals surface area contributed by atoms with Crippen LogP contribution in [-0.2, 0) is 14.8 Å². The highest BCUT2D eigenvalue weighted by Gasteiger charge is 2.30. The maximum absolute atomic E-state index is 12.8. The summed E-state index contributed by atoms with van der Waals surface area (Å²) in [6.45, 7) is -0.240. The average Bonchev–Trinajstić information content (AvgIpc) is 3.35. The number of aliphatic imine (C=N–C) groups is 1. The molecule has 0 radical (unpaired) electrons. The third-order valence-electron chi connectivity index (χ3n) is 5.21. The van der Waals surface area contributed by atoms with Gasteiger partial charge in [0.15, 0.2) is 0 Å². The lowest BCUT2D eigenvalue weighted by molar-refractivity contribution is -0.120. The number of amides is 1. The van der Waals surface area contributed by atoms with E-state index < -0.39 is 16.1 Å². The topological polar surface area (TPSA) is 101 Å². The Kier molecular flexibility index (Phi) is 4.99. The number of amidine groups is 1. The molecule has 0 aliphatic carbocycles. The predicted molar refractivity (Wildman–Crippen MR) is 121 cm³/mol. The summed E-state index contributed by atoms with van der Waals surface area (Å²) < 4.78 is 32.9. The standard InChI is InChI=1S/C24H19N3O4S/c28-22(15-25-24-18-11-5-7-13-21(18)32(29,30)27-24)26-23(16-8-2-1-3-9-16)20-14-17-10-4-6-12-19(17)31-20/h1-14,23H,15H2,(H,25,27)(H,26,28)/t23-/m1/s1. The molecule has 0 fully saturated rings. The van der Waals surface area contributed by atoms with Crippen LogP contribution in [0.2, 0.25) is 0 Å². The summed E-state index contributed by atoms with van der Waals surface area (Å²) in [5, 5.41) is 3.90. The van der Waals surface area contributed by atoms with Gasteiger partial charge >= 0.3 is 0 Å². The second-order valence-electron chi connectivity index (χ2n) is 7.36. The van der Waals surface area contributed by atoms with Crippen LogP contribution < -0.4 is 10.0 Å². The lowest BCUT2D eigenvalue weighted by Crippen LogP contribution is -2.32. The first kappa shape index (κ1) is 20.0. The Morgan fingerprint density at radius 1 is 0.969 bits per heavy atom. The second kappa shape index (κ2) is 7.97. The number of sulfonamides is 1. The Balaban J connectivity index is 1.41. The molecule has 1 atom stereocenters. The van der Waals surface area contributed by atoms with E-state index in [1.807, 2.05) is 60.7 Å². The maximum Gasteiger partial charge on any atom is 0.263 e. The fourth-order valence-corrected chi connectivity index (χ4v) is 4.97. The Labute approximate surface area is 184 Å². The van der Waals surface area contributed by atoms with Gasteiger partial charge in [-0.3, -0.25) is 14.5 Å². The number of carbonyl (C=O) groups is 1. The molecule has 0 unspecified atom stereocenters. The van der Waals surface area contributed by atoms with Crippen molar-refractivity contribution in [3.63, 3.8) is 0 Å². The molecule has 4 aromatic rings. The molecule has 1 amide bonds. The van der Waals surface area contributed by atoms with Gasteiger partial charge in [-0.25, -0.2) is 8.42 Å². The van der Waals surface area contributed by atoms with Crippen molar-refractivity contribution in [2.24, 2.45) is 4.99 Å². The van der Waals surface area contributed by atoms with E-state index >= 15 is 0 Å². The van der Waals surface area contributed by atoms with Gasteiger partial charge in [0.1, 0.15) is 29.8 Å². The van der Waals surface area contributed by atoms with Crippen LogP contribution in [0.3, 0.4) is 0 Å². The fourth-order valence-electron chi connectivity index (χ4n) is 3.72. The minimum atomic E-state index is -3.65. The minimum absolute atomic E-state index is 0.156. The zero-order valence-corrected chi connectivity index (χ0v) is 17.7. The van der Waals surface area contributed by atoms with Gasteiger partial charge in [-0.1, -0.05) is 60.7 Å². The first-order valence-corrected chi connectivity index (χ1v) is 11.5. The molecule has 2 heterocycles. The van der Waals surface area contributed by atoms with Crippen molar-refractivity contribution in [2.45, 2.75) is 10.9 Å². The first-order valence-electron chi connectivity index (χ1n) is 10.0. The summed E-state index contributed by atoms with van der Waals surface area (Å²) in [6.07, 6.45) is 0. The van der Waals surface area contributed by atoms with Crippen LogP contribution in [0.4, 0.5) is 0 Å². The van der Waals surface area contributed by atoms with Crippen LogP contribution in [0.15, 0.2) is 99.2 Å². The van der Waals surface area contributed by atoms with Crippen molar-refractivity contribution < 1.29 is 17.6 Å². The number of benzene rings is 3. The molecule has 32 heavy (non-hydrogen) atoms. The molecule has 0 saturated carbocycles. The zero-order valence-electron chi connectivity index (χ0n) is 16.9. The van der Waals surface area contributed by atoms with E-state index in [0.29, 0.717) is 11.3 Å². The number of furan rings is 1. The van der Waals surface area contributed by atoms with Crippen molar-refractivity contribution >= 4 is 32.7 Å². The number of fused-ring (bicyclic) bond motifs is 2. The molecule has 5 rings (SSSR count). The SMILES string of the molecule is O=C(CN=C1NS(=O)(=O)c2ccccc21)N[C@H](c1ccccc1)c1cc2ccccc2o1. The van der Waals surface area contributed by atoms with Crippen molar-refractivity contribution in [1.82, 2.24) is 10.0 Å². The molecular weight excluding hydrogens is 426 g/mol. The summed E-state index contributed by atoms with van der Waals surface area (Å²) in [5.74, 6) is 0.399. The van der Waals surface area contributed by atoms with Gasteiger partial charge < -0.3 is 9.73 Å². The van der Waals surface area contributed by atoms with E-state index in [1.165, 1.54) is 6.07 Å². The van der Waals surface area contributed by atoms with Gasteiger partial charge in [0.25, 0.3) is 10.0 Å². The smallest absolute Gasteiger partial charge is 0.263 e. The molecule has 7 nitrogen and oxygen atoms in total. The molecule has 1 aromatic heterocycles. The lowest BCUT2D eigenvalue weighted by atomic mass is 10.0.